The summed E-state index contributed by atoms with van der Waals surface area (Å²) in [6, 6.07) is 2.04. The normalized spacial score (nSPS) is 14.1. The fourth-order valence-corrected chi connectivity index (χ4v) is 1.49. The van der Waals surface area contributed by atoms with E-state index in [-0.39, 0.29) is 12.3 Å². The monoisotopic (exact) mass is 319 g/mol. The van der Waals surface area contributed by atoms with Crippen molar-refractivity contribution < 1.29 is 35.5 Å². The number of ether oxygens (including phenoxy) is 1. The van der Waals surface area contributed by atoms with Crippen molar-refractivity contribution in [2.24, 2.45) is 0 Å². The van der Waals surface area contributed by atoms with Gasteiger partial charge in [0.15, 0.2) is 0 Å². The molecule has 1 atom stereocenters. The Morgan fingerprint density at radius 2 is 1.76 bits per heavy atom. The quantitative estimate of drug-likeness (QED) is 0.834. The lowest BCUT2D eigenvalue weighted by molar-refractivity contribution is -0.140. The summed E-state index contributed by atoms with van der Waals surface area (Å²) in [6.45, 7) is -0.0872. The molecular weight excluding hydrogens is 307 g/mol. The highest BCUT2D eigenvalue weighted by Gasteiger charge is 2.34. The van der Waals surface area contributed by atoms with Gasteiger partial charge in [0.1, 0.15) is 17.7 Å². The number of alkyl halides is 6. The van der Waals surface area contributed by atoms with E-state index in [1.165, 1.54) is 6.92 Å². The van der Waals surface area contributed by atoms with Gasteiger partial charge in [-0.2, -0.15) is 26.3 Å². The molecule has 0 amide bonds. The van der Waals surface area contributed by atoms with Crippen LogP contribution in [0.2, 0.25) is 0 Å². The first-order valence-electron chi connectivity index (χ1n) is 5.80. The molecule has 1 aromatic rings. The van der Waals surface area contributed by atoms with Crippen LogP contribution in [0.4, 0.5) is 30.7 Å². The summed E-state index contributed by atoms with van der Waals surface area (Å²) in [5, 5.41) is 2.06. The van der Waals surface area contributed by atoms with Crippen molar-refractivity contribution in [1.29, 1.82) is 0 Å². The van der Waals surface area contributed by atoms with Gasteiger partial charge in [-0.05, 0) is 25.1 Å². The molecule has 0 radical (unpaired) electrons. The zero-order valence-electron chi connectivity index (χ0n) is 10.8. The number of benzene rings is 1. The Kier molecular flexibility index (Phi) is 5.43. The summed E-state index contributed by atoms with van der Waals surface area (Å²) in [6.07, 6.45) is -10.1. The maximum atomic E-state index is 13.0. The minimum atomic E-state index is -4.87. The summed E-state index contributed by atoms with van der Waals surface area (Å²) in [4.78, 5) is 0. The van der Waals surface area contributed by atoms with E-state index in [4.69, 9.17) is 4.74 Å². The maximum absolute atomic E-state index is 13.0. The second kappa shape index (κ2) is 6.50. The van der Waals surface area contributed by atoms with E-state index in [0.29, 0.717) is 12.1 Å². The van der Waals surface area contributed by atoms with Gasteiger partial charge in [0.25, 0.3) is 0 Å². The summed E-state index contributed by atoms with van der Waals surface area (Å²) < 4.78 is 91.1. The van der Waals surface area contributed by atoms with E-state index in [1.54, 1.807) is 0 Å². The molecule has 1 rings (SSSR count). The Labute approximate surface area is 115 Å². The number of rotatable bonds is 5. The van der Waals surface area contributed by atoms with Gasteiger partial charge in [-0.25, -0.2) is 4.39 Å². The van der Waals surface area contributed by atoms with Gasteiger partial charge < -0.3 is 10.1 Å². The molecule has 1 aromatic carbocycles. The average Bonchev–Trinajstić information content (AvgIpc) is 2.28. The Hall–Kier alpha value is -1.51. The molecule has 2 nitrogen and oxygen atoms in total. The predicted molar refractivity (Wildman–Crippen MR) is 60.4 cm³/mol. The highest BCUT2D eigenvalue weighted by molar-refractivity contribution is 5.31. The van der Waals surface area contributed by atoms with Crippen LogP contribution in [0, 0.1) is 5.82 Å². The van der Waals surface area contributed by atoms with Crippen molar-refractivity contribution >= 4 is 0 Å². The minimum Gasteiger partial charge on any atom is -0.489 e. The first kappa shape index (κ1) is 17.5. The van der Waals surface area contributed by atoms with E-state index in [9.17, 15) is 30.7 Å². The Balaban J connectivity index is 2.63. The van der Waals surface area contributed by atoms with E-state index in [1.807, 2.05) is 0 Å². The van der Waals surface area contributed by atoms with Crippen molar-refractivity contribution in [2.45, 2.75) is 25.4 Å². The molecule has 0 spiro atoms. The standard InChI is InChI=1S/C12H12F7NO/c1-7(5-20-6-11(14,15)16)21-8-2-3-10(13)9(4-8)12(17,18)19/h2-4,7,20H,5-6H2,1H3. The molecule has 120 valence electrons. The molecule has 0 aromatic heterocycles. The largest absolute Gasteiger partial charge is 0.489 e. The molecule has 0 aliphatic carbocycles. The fourth-order valence-electron chi connectivity index (χ4n) is 1.49. The van der Waals surface area contributed by atoms with E-state index in [2.05, 4.69) is 5.32 Å². The maximum Gasteiger partial charge on any atom is 0.419 e. The third kappa shape index (κ3) is 6.19. The van der Waals surface area contributed by atoms with Crippen molar-refractivity contribution in [3.63, 3.8) is 0 Å². The smallest absolute Gasteiger partial charge is 0.419 e. The van der Waals surface area contributed by atoms with Gasteiger partial charge in [-0.3, -0.25) is 0 Å². The highest BCUT2D eigenvalue weighted by atomic mass is 19.4. The number of halogens is 7. The second-order valence-corrected chi connectivity index (χ2v) is 4.31. The van der Waals surface area contributed by atoms with Gasteiger partial charge in [0.05, 0.1) is 12.1 Å². The molecule has 0 heterocycles. The lowest BCUT2D eigenvalue weighted by Crippen LogP contribution is -2.35. The number of hydrogen-bond acceptors (Lipinski definition) is 2. The SMILES string of the molecule is CC(CNCC(F)(F)F)Oc1ccc(F)c(C(F)(F)F)c1. The van der Waals surface area contributed by atoms with Crippen LogP contribution in [-0.2, 0) is 6.18 Å². The van der Waals surface area contributed by atoms with Crippen LogP contribution >= 0.6 is 0 Å². The average molecular weight is 319 g/mol. The first-order valence-corrected chi connectivity index (χ1v) is 5.80. The Morgan fingerprint density at radius 3 is 2.29 bits per heavy atom. The molecule has 0 saturated heterocycles. The van der Waals surface area contributed by atoms with Crippen LogP contribution in [-0.4, -0.2) is 25.4 Å². The lowest BCUT2D eigenvalue weighted by Gasteiger charge is -2.17. The third-order valence-electron chi connectivity index (χ3n) is 2.34. The zero-order valence-corrected chi connectivity index (χ0v) is 10.8. The topological polar surface area (TPSA) is 21.3 Å². The molecule has 0 fully saturated rings. The van der Waals surface area contributed by atoms with E-state index >= 15 is 0 Å². The molecule has 0 aliphatic rings. The van der Waals surface area contributed by atoms with Crippen LogP contribution in [0.5, 0.6) is 5.75 Å². The molecular formula is C12H12F7NO. The first-order chi connectivity index (χ1) is 9.49. The van der Waals surface area contributed by atoms with Gasteiger partial charge >= 0.3 is 12.4 Å². The molecule has 1 N–H and O–H groups in total. The molecule has 0 bridgehead atoms. The van der Waals surface area contributed by atoms with E-state index in [0.717, 1.165) is 6.07 Å². The fraction of sp³-hybridized carbons (Fsp3) is 0.500. The molecule has 1 unspecified atom stereocenters. The summed E-state index contributed by atoms with van der Waals surface area (Å²) in [5.41, 5.74) is -1.49. The molecule has 0 aliphatic heterocycles. The zero-order chi connectivity index (χ0) is 16.3. The highest BCUT2D eigenvalue weighted by Crippen LogP contribution is 2.33. The minimum absolute atomic E-state index is 0.224. The predicted octanol–water partition coefficient (Wildman–Crippen LogP) is 3.76. The lowest BCUT2D eigenvalue weighted by atomic mass is 10.2. The third-order valence-corrected chi connectivity index (χ3v) is 2.34. The van der Waals surface area contributed by atoms with Crippen LogP contribution < -0.4 is 10.1 Å². The van der Waals surface area contributed by atoms with Crippen molar-refractivity contribution in [3.05, 3.63) is 29.6 Å². The van der Waals surface area contributed by atoms with Crippen molar-refractivity contribution in [1.82, 2.24) is 5.32 Å². The van der Waals surface area contributed by atoms with Crippen LogP contribution in [0.1, 0.15) is 12.5 Å². The number of nitrogens with one attached hydrogen (secondary N) is 1. The summed E-state index contributed by atoms with van der Waals surface area (Å²) >= 11 is 0. The van der Waals surface area contributed by atoms with Gasteiger partial charge in [0.2, 0.25) is 0 Å². The van der Waals surface area contributed by atoms with Crippen LogP contribution in [0.15, 0.2) is 18.2 Å². The van der Waals surface area contributed by atoms with Crippen molar-refractivity contribution in [2.75, 3.05) is 13.1 Å². The van der Waals surface area contributed by atoms with Gasteiger partial charge in [0, 0.05) is 6.54 Å². The van der Waals surface area contributed by atoms with Crippen molar-refractivity contribution in [3.8, 4) is 5.75 Å². The second-order valence-electron chi connectivity index (χ2n) is 4.31. The number of hydrogen-bond donors (Lipinski definition) is 1. The Morgan fingerprint density at radius 1 is 1.14 bits per heavy atom. The van der Waals surface area contributed by atoms with Crippen LogP contribution in [0.3, 0.4) is 0 Å². The van der Waals surface area contributed by atoms with E-state index < -0.39 is 36.4 Å². The molecule has 21 heavy (non-hydrogen) atoms. The summed E-state index contributed by atoms with van der Waals surface area (Å²) in [7, 11) is 0. The van der Waals surface area contributed by atoms with Gasteiger partial charge in [-0.1, -0.05) is 0 Å². The molecule has 0 saturated carbocycles. The van der Waals surface area contributed by atoms with Gasteiger partial charge in [-0.15, -0.1) is 0 Å². The summed E-state index contributed by atoms with van der Waals surface area (Å²) in [5.74, 6) is -1.72. The molecule has 9 heteroatoms. The Bertz CT molecular complexity index is 470. The van der Waals surface area contributed by atoms with Crippen LogP contribution in [0.25, 0.3) is 0 Å².